The molecule has 1 N–H and O–H groups in total. The Morgan fingerprint density at radius 3 is 2.64 bits per heavy atom. The number of amides is 2. The van der Waals surface area contributed by atoms with Gasteiger partial charge in [-0.1, -0.05) is 12.2 Å². The molecule has 4 rings (SSSR count). The van der Waals surface area contributed by atoms with Crippen molar-refractivity contribution >= 4 is 17.4 Å². The molecule has 4 nitrogen and oxygen atoms in total. The molecule has 3 atom stereocenters. The van der Waals surface area contributed by atoms with Crippen LogP contribution in [0.15, 0.2) is 17.5 Å². The standard InChI is InChI=1S/C17H23N3OS/c1-11(15-10-22-16(19-15)12-6-7-12)18-17(21)20-8-13-4-2-3-5-14(13)9-20/h2-3,10-14H,4-9H2,1H3,(H,18,21)/t11-,13-,14-/m0/s1. The summed E-state index contributed by atoms with van der Waals surface area (Å²) in [6.07, 6.45) is 9.33. The van der Waals surface area contributed by atoms with Crippen molar-refractivity contribution in [2.24, 2.45) is 11.8 Å². The van der Waals surface area contributed by atoms with Gasteiger partial charge in [0, 0.05) is 24.4 Å². The molecular formula is C17H23N3OS. The molecule has 2 fully saturated rings. The highest BCUT2D eigenvalue weighted by Crippen LogP contribution is 2.41. The molecule has 0 unspecified atom stereocenters. The fraction of sp³-hybridized carbons (Fsp3) is 0.647. The van der Waals surface area contributed by atoms with Crippen LogP contribution in [-0.4, -0.2) is 29.0 Å². The molecule has 1 aliphatic heterocycles. The van der Waals surface area contributed by atoms with Gasteiger partial charge in [0.05, 0.1) is 16.7 Å². The molecule has 1 aromatic heterocycles. The van der Waals surface area contributed by atoms with Gasteiger partial charge in [-0.3, -0.25) is 0 Å². The molecule has 0 radical (unpaired) electrons. The zero-order valence-electron chi connectivity index (χ0n) is 13.0. The van der Waals surface area contributed by atoms with Crippen molar-refractivity contribution in [3.05, 3.63) is 28.2 Å². The maximum absolute atomic E-state index is 12.5. The van der Waals surface area contributed by atoms with Crippen LogP contribution in [0.5, 0.6) is 0 Å². The number of hydrogen-bond acceptors (Lipinski definition) is 3. The summed E-state index contributed by atoms with van der Waals surface area (Å²) in [7, 11) is 0. The minimum absolute atomic E-state index is 0.00277. The van der Waals surface area contributed by atoms with Gasteiger partial charge in [-0.25, -0.2) is 9.78 Å². The molecule has 0 bridgehead atoms. The van der Waals surface area contributed by atoms with E-state index in [-0.39, 0.29) is 12.1 Å². The molecule has 2 aliphatic carbocycles. The van der Waals surface area contributed by atoms with Crippen LogP contribution in [0, 0.1) is 11.8 Å². The van der Waals surface area contributed by atoms with Gasteiger partial charge >= 0.3 is 6.03 Å². The molecule has 0 aromatic carbocycles. The first-order valence-electron chi connectivity index (χ1n) is 8.36. The van der Waals surface area contributed by atoms with E-state index >= 15 is 0 Å². The van der Waals surface area contributed by atoms with Gasteiger partial charge in [-0.2, -0.15) is 0 Å². The van der Waals surface area contributed by atoms with E-state index in [9.17, 15) is 4.79 Å². The third-order valence-electron chi connectivity index (χ3n) is 5.16. The van der Waals surface area contributed by atoms with E-state index in [0.29, 0.717) is 17.8 Å². The molecule has 0 spiro atoms. The van der Waals surface area contributed by atoms with Gasteiger partial charge in [0.2, 0.25) is 0 Å². The van der Waals surface area contributed by atoms with E-state index in [2.05, 4.69) is 22.8 Å². The second-order valence-corrected chi connectivity index (χ2v) is 7.81. The topological polar surface area (TPSA) is 45.2 Å². The largest absolute Gasteiger partial charge is 0.330 e. The van der Waals surface area contributed by atoms with Crippen LogP contribution in [0.4, 0.5) is 4.79 Å². The Balaban J connectivity index is 1.35. The SMILES string of the molecule is C[C@H](NC(=O)N1C[C@@H]2CC=CC[C@H]2C1)c1csc(C2CC2)n1. The van der Waals surface area contributed by atoms with Crippen LogP contribution >= 0.6 is 11.3 Å². The quantitative estimate of drug-likeness (QED) is 0.864. The lowest BCUT2D eigenvalue weighted by Crippen LogP contribution is -2.40. The maximum Gasteiger partial charge on any atom is 0.317 e. The molecular weight excluding hydrogens is 294 g/mol. The van der Waals surface area contributed by atoms with E-state index in [0.717, 1.165) is 31.6 Å². The Morgan fingerprint density at radius 2 is 2.00 bits per heavy atom. The minimum atomic E-state index is -0.00277. The number of carbonyl (C=O) groups excluding carboxylic acids is 1. The van der Waals surface area contributed by atoms with Crippen LogP contribution in [-0.2, 0) is 0 Å². The van der Waals surface area contributed by atoms with Gasteiger partial charge < -0.3 is 10.2 Å². The van der Waals surface area contributed by atoms with E-state index in [4.69, 9.17) is 4.98 Å². The highest BCUT2D eigenvalue weighted by atomic mass is 32.1. The first-order valence-corrected chi connectivity index (χ1v) is 9.24. The molecule has 1 saturated carbocycles. The smallest absolute Gasteiger partial charge is 0.317 e. The molecule has 118 valence electrons. The molecule has 1 aromatic rings. The fourth-order valence-corrected chi connectivity index (χ4v) is 4.63. The monoisotopic (exact) mass is 317 g/mol. The Labute approximate surface area is 135 Å². The molecule has 2 heterocycles. The zero-order chi connectivity index (χ0) is 15.1. The number of fused-ring (bicyclic) bond motifs is 1. The van der Waals surface area contributed by atoms with Crippen LogP contribution in [0.1, 0.15) is 55.3 Å². The van der Waals surface area contributed by atoms with Crippen molar-refractivity contribution in [2.45, 2.75) is 44.6 Å². The number of nitrogens with zero attached hydrogens (tertiary/aromatic N) is 2. The third kappa shape index (κ3) is 2.78. The van der Waals surface area contributed by atoms with Crippen molar-refractivity contribution in [1.82, 2.24) is 15.2 Å². The zero-order valence-corrected chi connectivity index (χ0v) is 13.8. The maximum atomic E-state index is 12.5. The van der Waals surface area contributed by atoms with Crippen LogP contribution in [0.3, 0.4) is 0 Å². The van der Waals surface area contributed by atoms with E-state index < -0.39 is 0 Å². The molecule has 22 heavy (non-hydrogen) atoms. The predicted molar refractivity (Wildman–Crippen MR) is 88.0 cm³/mol. The number of hydrogen-bond donors (Lipinski definition) is 1. The fourth-order valence-electron chi connectivity index (χ4n) is 3.55. The summed E-state index contributed by atoms with van der Waals surface area (Å²) in [6, 6.07) is 0.0693. The van der Waals surface area contributed by atoms with E-state index in [1.807, 2.05) is 11.8 Å². The number of allylic oxidation sites excluding steroid dienone is 2. The van der Waals surface area contributed by atoms with Gasteiger partial charge in [0.25, 0.3) is 0 Å². The Morgan fingerprint density at radius 1 is 1.32 bits per heavy atom. The van der Waals surface area contributed by atoms with Crippen LogP contribution < -0.4 is 5.32 Å². The predicted octanol–water partition coefficient (Wildman–Crippen LogP) is 3.69. The van der Waals surface area contributed by atoms with Crippen LogP contribution in [0.2, 0.25) is 0 Å². The summed E-state index contributed by atoms with van der Waals surface area (Å²) in [5.74, 6) is 2.01. The lowest BCUT2D eigenvalue weighted by atomic mass is 9.86. The first-order chi connectivity index (χ1) is 10.7. The van der Waals surface area contributed by atoms with Crippen molar-refractivity contribution in [3.63, 3.8) is 0 Å². The van der Waals surface area contributed by atoms with E-state index in [1.54, 1.807) is 11.3 Å². The number of nitrogens with one attached hydrogen (secondary N) is 1. The second-order valence-electron chi connectivity index (χ2n) is 6.92. The summed E-state index contributed by atoms with van der Waals surface area (Å²) >= 11 is 1.74. The molecule has 3 aliphatic rings. The normalized spacial score (nSPS) is 28.5. The number of thiazole rings is 1. The lowest BCUT2D eigenvalue weighted by molar-refractivity contribution is 0.203. The van der Waals surface area contributed by atoms with Crippen molar-refractivity contribution in [3.8, 4) is 0 Å². The summed E-state index contributed by atoms with van der Waals surface area (Å²) in [5.41, 5.74) is 1.01. The summed E-state index contributed by atoms with van der Waals surface area (Å²) in [5, 5.41) is 6.48. The van der Waals surface area contributed by atoms with Crippen LogP contribution in [0.25, 0.3) is 0 Å². The minimum Gasteiger partial charge on any atom is -0.330 e. The molecule has 1 saturated heterocycles. The molecule has 5 heteroatoms. The number of urea groups is 1. The average molecular weight is 317 g/mol. The average Bonchev–Trinajstić information content (AvgIpc) is 3.10. The van der Waals surface area contributed by atoms with E-state index in [1.165, 1.54) is 17.8 Å². The Kier molecular flexibility index (Phi) is 3.68. The first kappa shape index (κ1) is 14.2. The van der Waals surface area contributed by atoms with Crippen molar-refractivity contribution < 1.29 is 4.79 Å². The summed E-state index contributed by atoms with van der Waals surface area (Å²) < 4.78 is 0. The summed E-state index contributed by atoms with van der Waals surface area (Å²) in [6.45, 7) is 3.84. The highest BCUT2D eigenvalue weighted by Gasteiger charge is 2.35. The number of carbonyl (C=O) groups is 1. The number of aromatic nitrogens is 1. The lowest BCUT2D eigenvalue weighted by Gasteiger charge is -2.20. The third-order valence-corrected chi connectivity index (χ3v) is 6.18. The van der Waals surface area contributed by atoms with Crippen molar-refractivity contribution in [2.75, 3.05) is 13.1 Å². The highest BCUT2D eigenvalue weighted by molar-refractivity contribution is 7.09. The number of rotatable bonds is 3. The van der Waals surface area contributed by atoms with Crippen molar-refractivity contribution in [1.29, 1.82) is 0 Å². The van der Waals surface area contributed by atoms with Gasteiger partial charge in [-0.15, -0.1) is 11.3 Å². The van der Waals surface area contributed by atoms with Gasteiger partial charge in [-0.05, 0) is 44.4 Å². The van der Waals surface area contributed by atoms with Gasteiger partial charge in [0.15, 0.2) is 0 Å². The Bertz CT molecular complexity index is 576. The van der Waals surface area contributed by atoms with Gasteiger partial charge in [0.1, 0.15) is 0 Å². The second kappa shape index (κ2) is 5.69. The Hall–Kier alpha value is -1.36. The number of likely N-dealkylation sites (tertiary alicyclic amines) is 1. The molecule has 2 amide bonds. The summed E-state index contributed by atoms with van der Waals surface area (Å²) in [4.78, 5) is 19.2.